The van der Waals surface area contributed by atoms with Crippen molar-refractivity contribution in [1.82, 2.24) is 9.97 Å². The van der Waals surface area contributed by atoms with Crippen molar-refractivity contribution in [2.75, 3.05) is 12.4 Å². The number of para-hydroxylation sites is 1. The minimum Gasteiger partial charge on any atom is -0.496 e. The molecule has 2 N–H and O–H groups in total. The molecule has 26 heavy (non-hydrogen) atoms. The number of H-pyrrole nitrogens is 1. The lowest BCUT2D eigenvalue weighted by molar-refractivity contribution is 0.416. The molecule has 2 aromatic carbocycles. The summed E-state index contributed by atoms with van der Waals surface area (Å²) in [4.78, 5) is 7.44. The lowest BCUT2D eigenvalue weighted by Crippen LogP contribution is -1.99. The molecule has 0 amide bonds. The maximum absolute atomic E-state index is 9.60. The molecule has 0 atom stereocenters. The monoisotopic (exact) mass is 340 g/mol. The second-order valence-electron chi connectivity index (χ2n) is 5.79. The summed E-state index contributed by atoms with van der Waals surface area (Å²) < 4.78 is 5.49. The van der Waals surface area contributed by atoms with Gasteiger partial charge in [0.15, 0.2) is 0 Å². The molecule has 0 bridgehead atoms. The molecule has 0 fully saturated rings. The topological polar surface area (TPSA) is 73.7 Å². The minimum absolute atomic E-state index is 0.473. The van der Waals surface area contributed by atoms with Crippen LogP contribution in [-0.2, 0) is 0 Å². The molecule has 0 aliphatic carbocycles. The van der Waals surface area contributed by atoms with Crippen molar-refractivity contribution in [2.45, 2.75) is 0 Å². The molecule has 2 heterocycles. The van der Waals surface area contributed by atoms with E-state index >= 15 is 0 Å². The summed E-state index contributed by atoms with van der Waals surface area (Å²) in [7, 11) is 1.63. The first-order valence-electron chi connectivity index (χ1n) is 8.16. The van der Waals surface area contributed by atoms with Gasteiger partial charge in [0, 0.05) is 46.3 Å². The average Bonchev–Trinajstić information content (AvgIpc) is 3.18. The van der Waals surface area contributed by atoms with Gasteiger partial charge in [0.2, 0.25) is 0 Å². The van der Waals surface area contributed by atoms with Crippen LogP contribution in [0, 0.1) is 11.3 Å². The van der Waals surface area contributed by atoms with Crippen LogP contribution in [0.3, 0.4) is 0 Å². The normalized spacial score (nSPS) is 10.5. The maximum Gasteiger partial charge on any atom is 0.126 e. The number of nitriles is 1. The quantitative estimate of drug-likeness (QED) is 0.557. The zero-order valence-electron chi connectivity index (χ0n) is 14.2. The van der Waals surface area contributed by atoms with Crippen LogP contribution in [0.5, 0.6) is 5.75 Å². The number of aromatic nitrogens is 2. The van der Waals surface area contributed by atoms with Crippen LogP contribution >= 0.6 is 0 Å². The average molecular weight is 340 g/mol. The molecule has 0 saturated heterocycles. The van der Waals surface area contributed by atoms with E-state index in [9.17, 15) is 5.26 Å². The van der Waals surface area contributed by atoms with Gasteiger partial charge in [0.05, 0.1) is 18.4 Å². The number of nitrogens with one attached hydrogen (secondary N) is 2. The van der Waals surface area contributed by atoms with Crippen molar-refractivity contribution in [3.8, 4) is 22.9 Å². The lowest BCUT2D eigenvalue weighted by Gasteiger charge is -2.16. The number of anilines is 2. The van der Waals surface area contributed by atoms with Gasteiger partial charge in [-0.05, 0) is 24.3 Å². The zero-order chi connectivity index (χ0) is 17.9. The van der Waals surface area contributed by atoms with Gasteiger partial charge in [-0.15, -0.1) is 0 Å². The zero-order valence-corrected chi connectivity index (χ0v) is 14.2. The fourth-order valence-electron chi connectivity index (χ4n) is 3.08. The van der Waals surface area contributed by atoms with E-state index in [2.05, 4.69) is 21.4 Å². The smallest absolute Gasteiger partial charge is 0.126 e. The molecule has 0 aliphatic rings. The third kappa shape index (κ3) is 2.64. The third-order valence-electron chi connectivity index (χ3n) is 4.32. The summed E-state index contributed by atoms with van der Waals surface area (Å²) in [6.07, 6.45) is 5.21. The molecule has 4 rings (SSSR count). The van der Waals surface area contributed by atoms with Crippen molar-refractivity contribution >= 4 is 22.3 Å². The number of aromatic amines is 1. The van der Waals surface area contributed by atoms with E-state index in [0.717, 1.165) is 33.5 Å². The van der Waals surface area contributed by atoms with Gasteiger partial charge in [-0.2, -0.15) is 5.26 Å². The highest BCUT2D eigenvalue weighted by Gasteiger charge is 2.15. The predicted octanol–water partition coefficient (Wildman–Crippen LogP) is 4.85. The van der Waals surface area contributed by atoms with Crippen LogP contribution in [0.25, 0.3) is 22.0 Å². The Balaban J connectivity index is 1.91. The fraction of sp³-hybridized carbons (Fsp3) is 0.0476. The van der Waals surface area contributed by atoms with Crippen LogP contribution in [-0.4, -0.2) is 17.1 Å². The van der Waals surface area contributed by atoms with Crippen molar-refractivity contribution in [3.05, 3.63) is 72.7 Å². The summed E-state index contributed by atoms with van der Waals surface area (Å²) in [6.45, 7) is 0. The predicted molar refractivity (Wildman–Crippen MR) is 103 cm³/mol. The van der Waals surface area contributed by atoms with Crippen molar-refractivity contribution < 1.29 is 4.74 Å². The van der Waals surface area contributed by atoms with Crippen molar-refractivity contribution in [1.29, 1.82) is 5.26 Å². The van der Waals surface area contributed by atoms with Crippen LogP contribution in [0.4, 0.5) is 11.4 Å². The largest absolute Gasteiger partial charge is 0.496 e. The van der Waals surface area contributed by atoms with Gasteiger partial charge in [0.1, 0.15) is 11.8 Å². The number of methoxy groups -OCH3 is 1. The van der Waals surface area contributed by atoms with Crippen LogP contribution in [0.1, 0.15) is 5.56 Å². The number of nitrogens with zero attached hydrogens (tertiary/aromatic N) is 2. The number of ether oxygens (including phenoxy) is 1. The molecule has 0 saturated carbocycles. The molecule has 5 nitrogen and oxygen atoms in total. The number of rotatable bonds is 4. The van der Waals surface area contributed by atoms with E-state index in [0.29, 0.717) is 11.3 Å². The molecular formula is C21H16N4O. The number of hydrogen-bond acceptors (Lipinski definition) is 4. The van der Waals surface area contributed by atoms with E-state index in [1.54, 1.807) is 19.5 Å². The van der Waals surface area contributed by atoms with Crippen LogP contribution in [0.2, 0.25) is 0 Å². The Labute approximate surface area is 150 Å². The first kappa shape index (κ1) is 15.7. The molecule has 0 unspecified atom stereocenters. The molecule has 0 spiro atoms. The van der Waals surface area contributed by atoms with Gasteiger partial charge in [-0.3, -0.25) is 4.98 Å². The highest BCUT2D eigenvalue weighted by molar-refractivity contribution is 5.96. The molecule has 2 aromatic heterocycles. The van der Waals surface area contributed by atoms with E-state index in [1.165, 1.54) is 0 Å². The summed E-state index contributed by atoms with van der Waals surface area (Å²) in [5.74, 6) is 0.729. The summed E-state index contributed by atoms with van der Waals surface area (Å²) in [5, 5.41) is 14.1. The number of hydrogen-bond donors (Lipinski definition) is 2. The second kappa shape index (κ2) is 6.61. The number of benzene rings is 2. The Morgan fingerprint density at radius 2 is 1.92 bits per heavy atom. The van der Waals surface area contributed by atoms with Gasteiger partial charge in [-0.1, -0.05) is 24.3 Å². The molecule has 0 aliphatic heterocycles. The summed E-state index contributed by atoms with van der Waals surface area (Å²) in [6, 6.07) is 17.9. The summed E-state index contributed by atoms with van der Waals surface area (Å²) in [5.41, 5.74) is 4.82. The Bertz CT molecular complexity index is 1120. The SMILES string of the molecule is COc1ccccc1-c1cncc(C#N)c1Nc1cccc2[nH]ccc12. The molecular weight excluding hydrogens is 324 g/mol. The van der Waals surface area contributed by atoms with Gasteiger partial charge in [0.25, 0.3) is 0 Å². The molecule has 0 radical (unpaired) electrons. The second-order valence-corrected chi connectivity index (χ2v) is 5.79. The fourth-order valence-corrected chi connectivity index (χ4v) is 3.08. The van der Waals surface area contributed by atoms with Crippen molar-refractivity contribution in [3.63, 3.8) is 0 Å². The third-order valence-corrected chi connectivity index (χ3v) is 4.32. The minimum atomic E-state index is 0.473. The van der Waals surface area contributed by atoms with E-state index in [1.807, 2.05) is 54.7 Å². The van der Waals surface area contributed by atoms with Crippen LogP contribution in [0.15, 0.2) is 67.1 Å². The van der Waals surface area contributed by atoms with E-state index in [4.69, 9.17) is 4.74 Å². The molecule has 5 heteroatoms. The standard InChI is InChI=1S/C21H16N4O/c1-26-20-8-3-2-5-15(20)17-13-23-12-14(11-22)21(17)25-19-7-4-6-18-16(19)9-10-24-18/h2-10,12-13,24H,1H3,(H,23,25). The number of pyridine rings is 1. The van der Waals surface area contributed by atoms with E-state index in [-0.39, 0.29) is 0 Å². The Morgan fingerprint density at radius 3 is 2.77 bits per heavy atom. The Morgan fingerprint density at radius 1 is 1.04 bits per heavy atom. The maximum atomic E-state index is 9.60. The van der Waals surface area contributed by atoms with E-state index < -0.39 is 0 Å². The van der Waals surface area contributed by atoms with Crippen molar-refractivity contribution in [2.24, 2.45) is 0 Å². The number of fused-ring (bicyclic) bond motifs is 1. The van der Waals surface area contributed by atoms with Gasteiger partial charge in [-0.25, -0.2) is 0 Å². The lowest BCUT2D eigenvalue weighted by atomic mass is 10.0. The Kier molecular flexibility index (Phi) is 4.00. The highest BCUT2D eigenvalue weighted by atomic mass is 16.5. The first-order chi connectivity index (χ1) is 12.8. The molecule has 4 aromatic rings. The molecule has 126 valence electrons. The first-order valence-corrected chi connectivity index (χ1v) is 8.16. The van der Waals surface area contributed by atoms with Gasteiger partial charge >= 0.3 is 0 Å². The highest BCUT2D eigenvalue weighted by Crippen LogP contribution is 2.38. The van der Waals surface area contributed by atoms with Crippen LogP contribution < -0.4 is 10.1 Å². The Hall–Kier alpha value is -3.78. The summed E-state index contributed by atoms with van der Waals surface area (Å²) >= 11 is 0. The van der Waals surface area contributed by atoms with Gasteiger partial charge < -0.3 is 15.0 Å².